The van der Waals surface area contributed by atoms with Crippen LogP contribution in [0.25, 0.3) is 0 Å². The van der Waals surface area contributed by atoms with E-state index in [9.17, 15) is 62.3 Å². The molecule has 0 atom stereocenters. The number of hydrogen-bond acceptors (Lipinski definition) is 35. The first kappa shape index (κ1) is 109. The van der Waals surface area contributed by atoms with Gasteiger partial charge in [-0.25, -0.2) is 63.8 Å². The number of H-pyrrole nitrogens is 2. The smallest absolute Gasteiger partial charge is 0.502 e. The summed E-state index contributed by atoms with van der Waals surface area (Å²) in [6.07, 6.45) is 3.74. The SMILES string of the molecule is CCCn1nc(I)c(C(=O)OCC)c1C(=O)OCC.CCOC(=O)/C=C(\O)C(=O)OCC.CCOC(=O)C(=O)/C(=C/N(C)C)C(=O)OCC.CCOC(=O)c1c(I)nn2c1C(=O)NCC2.CCOC(=O)c1cn[nH]c1C(=O)OCC.CCOC(=O)c1n[nH]c(I)c1C(=O)OCC.COC(OC)N(C)C.Cl.N=N.[HH].[Na+]. The zero-order valence-electron chi connectivity index (χ0n) is 63.6. The van der Waals surface area contributed by atoms with Crippen molar-refractivity contribution in [1.82, 2.24) is 55.1 Å². The number of aromatic nitrogens is 8. The zero-order valence-corrected chi connectivity index (χ0v) is 72.9. The number of ether oxygens (including phenoxy) is 13. The Morgan fingerprint density at radius 2 is 1.02 bits per heavy atom. The van der Waals surface area contributed by atoms with Crippen molar-refractivity contribution in [2.75, 3.05) is 122 Å². The Labute approximate surface area is 694 Å². The van der Waals surface area contributed by atoms with Crippen LogP contribution in [0.3, 0.4) is 0 Å². The second-order valence-electron chi connectivity index (χ2n) is 19.2. The topological polar surface area (TPSA) is 521 Å². The molecule has 0 fully saturated rings. The minimum atomic E-state index is -1.06. The molecule has 0 saturated heterocycles. The van der Waals surface area contributed by atoms with Crippen molar-refractivity contribution in [2.24, 2.45) is 0 Å². The standard InChI is InChI=1S/C12H17IN2O4.C11H17NO5.C9H10IN3O3.C9H11IN2O4.C9H12N2O4.C8H12O5.C5H13NO2.ClH.H2N2.Na.H2/c1-4-7-15-9(12(17)19-6-3)8(10(13)14-15)11(16)18-5-2;1-5-16-10(14)8(7-12(3)4)9(13)11(15)17-6-2;1-2-16-9(15)5-6-8(14)11-3-4-13(6)12-7(5)10;1-3-15-8(13)5-6(9(14)16-4-2)11-12-7(5)10;1-3-14-8(12)6-5-10-11-7(6)9(13)15-4-2;1-3-12-7(10)5-6(9)8(11)13-4-2;1-6(2)5(7-3)8-4;;1-2;;/h4-7H2,1-3H3;7H,5-6H2,1-4H3;2-4H2,1H3,(H,11,14);3-4H2,1-2H3,(H,11,12);5H,3-4H2,1-2H3,(H,10,11);5,9H,3-4H2,1-2H3;5H,1-4H3;1H;1-2H;;1H/q;;;;;;;;;+1;/b;8-7-;;;;6-5-;;;;;. The van der Waals surface area contributed by atoms with E-state index in [2.05, 4.69) is 50.1 Å². The number of hydrogen-bond donors (Lipinski definition) is 6. The molecule has 45 heteroatoms. The van der Waals surface area contributed by atoms with Gasteiger partial charge in [0.05, 0.1) is 91.5 Å². The number of rotatable bonds is 29. The molecule has 0 radical (unpaired) electrons. The number of carbonyl (C=O) groups excluding carboxylic acids is 13. The van der Waals surface area contributed by atoms with E-state index in [0.717, 1.165) is 6.42 Å². The van der Waals surface area contributed by atoms with E-state index in [4.69, 9.17) is 63.5 Å². The molecule has 1 aliphatic rings. The van der Waals surface area contributed by atoms with E-state index in [1.165, 1.54) is 22.0 Å². The number of esters is 11. The number of ketones is 1. The molecule has 604 valence electrons. The van der Waals surface area contributed by atoms with Gasteiger partial charge in [-0.15, -0.1) is 12.4 Å². The van der Waals surface area contributed by atoms with Gasteiger partial charge in [-0.2, -0.15) is 20.4 Å². The van der Waals surface area contributed by atoms with Gasteiger partial charge in [-0.3, -0.25) is 34.0 Å². The van der Waals surface area contributed by atoms with Crippen molar-refractivity contribution in [3.63, 3.8) is 0 Å². The normalized spacial score (nSPS) is 10.6. The molecule has 6 N–H and O–H groups in total. The number of nitrogens with zero attached hydrogens (tertiary/aromatic N) is 8. The van der Waals surface area contributed by atoms with E-state index in [0.29, 0.717) is 42.5 Å². The number of aliphatic hydroxyl groups excluding tert-OH is 1. The van der Waals surface area contributed by atoms with Crippen LogP contribution in [-0.4, -0.2) is 260 Å². The molecule has 4 aromatic rings. The maximum Gasteiger partial charge on any atom is 1.00 e. The molecular formula is C63H97ClI3N13NaO27+. The molecule has 0 aliphatic carbocycles. The predicted octanol–water partition coefficient (Wildman–Crippen LogP) is 3.86. The van der Waals surface area contributed by atoms with E-state index in [1.54, 1.807) is 109 Å². The Morgan fingerprint density at radius 1 is 0.583 bits per heavy atom. The van der Waals surface area contributed by atoms with Gasteiger partial charge >= 0.3 is 95.2 Å². The first-order valence-electron chi connectivity index (χ1n) is 32.1. The first-order chi connectivity index (χ1) is 50.3. The number of Topliss-reactive ketones (excluding diaryl/α,β-unsaturated/α-hetero) is 1. The summed E-state index contributed by atoms with van der Waals surface area (Å²) in [6, 6.07) is 0. The van der Waals surface area contributed by atoms with Crippen LogP contribution in [-0.2, 0) is 98.6 Å². The van der Waals surface area contributed by atoms with Gasteiger partial charge in [-0.05, 0) is 164 Å². The molecule has 5 rings (SSSR count). The van der Waals surface area contributed by atoms with Crippen LogP contribution in [0.5, 0.6) is 0 Å². The van der Waals surface area contributed by atoms with Crippen LogP contribution in [0.4, 0.5) is 0 Å². The molecule has 0 saturated carbocycles. The second-order valence-corrected chi connectivity index (χ2v) is 22.3. The van der Waals surface area contributed by atoms with Gasteiger partial charge in [0.15, 0.2) is 17.1 Å². The Kier molecular flexibility index (Phi) is 63.5. The van der Waals surface area contributed by atoms with E-state index in [-0.39, 0.29) is 173 Å². The summed E-state index contributed by atoms with van der Waals surface area (Å²) in [4.78, 5) is 152. The molecule has 0 unspecified atom stereocenters. The van der Waals surface area contributed by atoms with Gasteiger partial charge in [0.1, 0.15) is 44.6 Å². The minimum Gasteiger partial charge on any atom is -0.502 e. The van der Waals surface area contributed by atoms with Gasteiger partial charge in [0.25, 0.3) is 11.7 Å². The van der Waals surface area contributed by atoms with Crippen LogP contribution in [0.1, 0.15) is 174 Å². The average Bonchev–Trinajstić information content (AvgIpc) is 1.71. The second kappa shape index (κ2) is 63.0. The fourth-order valence-corrected chi connectivity index (χ4v) is 9.36. The third-order valence-corrected chi connectivity index (χ3v) is 13.5. The van der Waals surface area contributed by atoms with Crippen molar-refractivity contribution < 1.29 is 160 Å². The van der Waals surface area contributed by atoms with Crippen molar-refractivity contribution >= 4 is 158 Å². The number of halogens is 4. The van der Waals surface area contributed by atoms with Crippen molar-refractivity contribution in [2.45, 2.75) is 109 Å². The molecular weight excluding hydrogens is 1810 g/mol. The van der Waals surface area contributed by atoms with E-state index in [1.807, 2.05) is 93.7 Å². The summed E-state index contributed by atoms with van der Waals surface area (Å²) in [5.74, 6) is -9.63. The average molecular weight is 1910 g/mol. The van der Waals surface area contributed by atoms with Crippen LogP contribution in [0.15, 0.2) is 29.8 Å². The maximum atomic E-state index is 12.0. The largest absolute Gasteiger partial charge is 1.00 e. The molecule has 1 aliphatic heterocycles. The monoisotopic (exact) mass is 1910 g/mol. The number of aromatic amines is 2. The summed E-state index contributed by atoms with van der Waals surface area (Å²) < 4.78 is 66.2. The number of methoxy groups -OCH3 is 2. The summed E-state index contributed by atoms with van der Waals surface area (Å²) in [7, 11) is 10.2. The summed E-state index contributed by atoms with van der Waals surface area (Å²) in [6.45, 7) is 24.1. The van der Waals surface area contributed by atoms with Crippen LogP contribution in [0, 0.1) is 22.2 Å². The molecule has 1 amide bonds. The fraction of sp³-hybridized carbons (Fsp3) is 0.540. The molecule has 108 heavy (non-hydrogen) atoms. The Morgan fingerprint density at radius 3 is 1.48 bits per heavy atom. The molecule has 0 bridgehead atoms. The summed E-state index contributed by atoms with van der Waals surface area (Å²) in [5, 5.41) is 32.3. The van der Waals surface area contributed by atoms with Crippen molar-refractivity contribution in [1.29, 1.82) is 11.1 Å². The zero-order chi connectivity index (χ0) is 81.8. The minimum absolute atomic E-state index is 0. The Hall–Kier alpha value is -7.81. The summed E-state index contributed by atoms with van der Waals surface area (Å²) in [5.41, 5.74) is 10.8. The molecule has 5 heterocycles. The number of aliphatic hydroxyl groups is 1. The number of fused-ring (bicyclic) bond motifs is 1. The van der Waals surface area contributed by atoms with Gasteiger partial charge < -0.3 is 76.9 Å². The number of amides is 1. The molecule has 40 nitrogen and oxygen atoms in total. The van der Waals surface area contributed by atoms with Crippen molar-refractivity contribution in [3.8, 4) is 0 Å². The fourth-order valence-electron chi connectivity index (χ4n) is 7.29. The quantitative estimate of drug-likeness (QED) is 0.00384. The first-order valence-corrected chi connectivity index (χ1v) is 35.3. The van der Waals surface area contributed by atoms with Gasteiger partial charge in [-0.1, -0.05) is 6.92 Å². The third-order valence-electron chi connectivity index (χ3n) is 11.2. The predicted molar refractivity (Wildman–Crippen MR) is 404 cm³/mol. The molecule has 0 aromatic carbocycles. The Bertz CT molecular complexity index is 3520. The molecule has 4 aromatic heterocycles. The van der Waals surface area contributed by atoms with Crippen LogP contribution in [0.2, 0.25) is 0 Å². The van der Waals surface area contributed by atoms with Gasteiger partial charge in [0.2, 0.25) is 12.2 Å². The van der Waals surface area contributed by atoms with Crippen LogP contribution < -0.4 is 34.9 Å². The van der Waals surface area contributed by atoms with Gasteiger partial charge in [0, 0.05) is 49.0 Å². The summed E-state index contributed by atoms with van der Waals surface area (Å²) >= 11 is 5.73. The molecule has 0 spiro atoms. The van der Waals surface area contributed by atoms with Crippen molar-refractivity contribution in [3.05, 3.63) is 85.9 Å². The van der Waals surface area contributed by atoms with E-state index >= 15 is 0 Å². The number of nitrogens with one attached hydrogen (secondary N) is 5. The third kappa shape index (κ3) is 39.5. The van der Waals surface area contributed by atoms with E-state index < -0.39 is 77.2 Å². The number of carbonyl (C=O) groups is 13. The van der Waals surface area contributed by atoms with Crippen LogP contribution >= 0.6 is 80.2 Å². The Balaban J connectivity index is -0.000000284. The number of aryl methyl sites for hydroxylation is 1. The maximum absolute atomic E-state index is 12.0.